The Balaban J connectivity index is 1.78. The number of ether oxygens (including phenoxy) is 2. The number of likely N-dealkylation sites (tertiary alicyclic amines) is 1. The van der Waals surface area contributed by atoms with Crippen LogP contribution < -0.4 is 9.47 Å². The van der Waals surface area contributed by atoms with Gasteiger partial charge in [-0.05, 0) is 61.5 Å². The number of carbonyl (C=O) groups is 2. The van der Waals surface area contributed by atoms with E-state index in [0.29, 0.717) is 36.6 Å². The van der Waals surface area contributed by atoms with Crippen LogP contribution in [0.2, 0.25) is 0 Å². The third-order valence-electron chi connectivity index (χ3n) is 6.80. The summed E-state index contributed by atoms with van der Waals surface area (Å²) in [6.45, 7) is 12.8. The minimum atomic E-state index is -0.726. The Morgan fingerprint density at radius 3 is 2.72 bits per heavy atom. The van der Waals surface area contributed by atoms with Crippen molar-refractivity contribution in [3.63, 3.8) is 0 Å². The van der Waals surface area contributed by atoms with Crippen molar-refractivity contribution in [2.75, 3.05) is 32.8 Å². The van der Waals surface area contributed by atoms with Crippen molar-refractivity contribution in [2.45, 2.75) is 39.3 Å². The molecular weight excluding hydrogens is 456 g/mol. The number of amides is 1. The molecular formula is C29H34N2O5. The molecule has 0 aliphatic carbocycles. The van der Waals surface area contributed by atoms with Crippen LogP contribution in [-0.4, -0.2) is 65.5 Å². The molecule has 2 aromatic carbocycles. The fourth-order valence-electron chi connectivity index (χ4n) is 4.90. The van der Waals surface area contributed by atoms with Gasteiger partial charge in [-0.15, -0.1) is 0 Å². The first-order valence-corrected chi connectivity index (χ1v) is 12.5. The molecule has 0 spiro atoms. The Morgan fingerprint density at radius 1 is 1.22 bits per heavy atom. The molecule has 0 bridgehead atoms. The van der Waals surface area contributed by atoms with Gasteiger partial charge < -0.3 is 24.4 Å². The Bertz CT molecular complexity index is 1180. The van der Waals surface area contributed by atoms with Crippen molar-refractivity contribution < 1.29 is 24.2 Å². The summed E-state index contributed by atoms with van der Waals surface area (Å²) in [7, 11) is 0. The van der Waals surface area contributed by atoms with Gasteiger partial charge in [0.05, 0.1) is 11.6 Å². The summed E-state index contributed by atoms with van der Waals surface area (Å²) in [5.74, 6) is -0.0833. The Labute approximate surface area is 212 Å². The smallest absolute Gasteiger partial charge is 0.295 e. The van der Waals surface area contributed by atoms with Crippen molar-refractivity contribution in [1.29, 1.82) is 0 Å². The molecule has 0 aromatic heterocycles. The van der Waals surface area contributed by atoms with Crippen LogP contribution in [0.25, 0.3) is 5.76 Å². The van der Waals surface area contributed by atoms with Crippen molar-refractivity contribution >= 4 is 17.4 Å². The predicted molar refractivity (Wildman–Crippen MR) is 139 cm³/mol. The van der Waals surface area contributed by atoms with E-state index >= 15 is 0 Å². The van der Waals surface area contributed by atoms with Crippen molar-refractivity contribution in [3.8, 4) is 11.5 Å². The summed E-state index contributed by atoms with van der Waals surface area (Å²) in [6, 6.07) is 12.0. The average molecular weight is 491 g/mol. The molecule has 2 heterocycles. The maximum absolute atomic E-state index is 13.3. The number of hydrogen-bond donors (Lipinski definition) is 1. The summed E-state index contributed by atoms with van der Waals surface area (Å²) >= 11 is 0. The second-order valence-corrected chi connectivity index (χ2v) is 9.15. The summed E-state index contributed by atoms with van der Waals surface area (Å²) in [5.41, 5.74) is 2.26. The van der Waals surface area contributed by atoms with Gasteiger partial charge in [0.2, 0.25) is 0 Å². The molecule has 4 rings (SSSR count). The van der Waals surface area contributed by atoms with E-state index in [0.717, 1.165) is 30.8 Å². The van der Waals surface area contributed by atoms with Gasteiger partial charge in [0, 0.05) is 25.1 Å². The second kappa shape index (κ2) is 11.0. The summed E-state index contributed by atoms with van der Waals surface area (Å²) in [4.78, 5) is 30.4. The molecule has 0 saturated carbocycles. The van der Waals surface area contributed by atoms with Crippen LogP contribution in [0.15, 0.2) is 60.7 Å². The van der Waals surface area contributed by atoms with Gasteiger partial charge in [-0.25, -0.2) is 0 Å². The van der Waals surface area contributed by atoms with Gasteiger partial charge in [0.15, 0.2) is 0 Å². The summed E-state index contributed by atoms with van der Waals surface area (Å²) < 4.78 is 11.5. The van der Waals surface area contributed by atoms with E-state index in [4.69, 9.17) is 9.47 Å². The highest BCUT2D eigenvalue weighted by Crippen LogP contribution is 2.41. The van der Waals surface area contributed by atoms with E-state index < -0.39 is 17.7 Å². The number of nitrogens with zero attached hydrogens (tertiary/aromatic N) is 2. The average Bonchev–Trinajstić information content (AvgIpc) is 3.38. The minimum Gasteiger partial charge on any atom is -0.507 e. The molecule has 2 aliphatic heterocycles. The molecule has 1 fully saturated rings. The highest BCUT2D eigenvalue weighted by molar-refractivity contribution is 6.46. The second-order valence-electron chi connectivity index (χ2n) is 9.15. The lowest BCUT2D eigenvalue weighted by Gasteiger charge is -2.28. The van der Waals surface area contributed by atoms with E-state index in [-0.39, 0.29) is 17.4 Å². The third-order valence-corrected chi connectivity index (χ3v) is 6.80. The number of likely N-dealkylation sites (N-methyl/N-ethyl adjacent to an activating group) is 1. The Hall–Kier alpha value is -3.58. The molecule has 1 amide bonds. The number of aliphatic hydroxyl groups excluding tert-OH is 1. The lowest BCUT2D eigenvalue weighted by atomic mass is 9.94. The number of hydrogen-bond acceptors (Lipinski definition) is 6. The monoisotopic (exact) mass is 490 g/mol. The molecule has 7 heteroatoms. The Morgan fingerprint density at radius 2 is 2.00 bits per heavy atom. The first-order chi connectivity index (χ1) is 17.4. The highest BCUT2D eigenvalue weighted by Gasteiger charge is 2.46. The van der Waals surface area contributed by atoms with E-state index in [1.807, 2.05) is 43.3 Å². The topological polar surface area (TPSA) is 79.3 Å². The van der Waals surface area contributed by atoms with E-state index in [1.54, 1.807) is 17.0 Å². The van der Waals surface area contributed by atoms with E-state index in [2.05, 4.69) is 25.3 Å². The summed E-state index contributed by atoms with van der Waals surface area (Å²) in [5, 5.41) is 11.4. The maximum atomic E-state index is 13.3. The molecule has 0 unspecified atom stereocenters. The van der Waals surface area contributed by atoms with Gasteiger partial charge >= 0.3 is 0 Å². The SMILES string of the molecule is C=CCOc1cccc([C@H]2/C(=C(\O)c3ccc4c(c3)C[C@H](C)O4)C(=O)C(=O)N2CCN(CC)CC)c1. The van der Waals surface area contributed by atoms with Gasteiger partial charge in [-0.1, -0.05) is 38.6 Å². The Kier molecular flexibility index (Phi) is 7.79. The minimum absolute atomic E-state index is 0.0568. The zero-order valence-electron chi connectivity index (χ0n) is 21.2. The largest absolute Gasteiger partial charge is 0.507 e. The number of benzene rings is 2. The van der Waals surface area contributed by atoms with Gasteiger partial charge in [-0.3, -0.25) is 9.59 Å². The van der Waals surface area contributed by atoms with Crippen LogP contribution in [0, 0.1) is 0 Å². The number of Topliss-reactive ketones (excluding diaryl/α,β-unsaturated/α-hetero) is 1. The fourth-order valence-corrected chi connectivity index (χ4v) is 4.90. The number of fused-ring (bicyclic) bond motifs is 1. The zero-order chi connectivity index (χ0) is 25.8. The molecule has 36 heavy (non-hydrogen) atoms. The molecule has 1 N–H and O–H groups in total. The molecule has 2 atom stereocenters. The number of ketones is 1. The standard InChI is InChI=1S/C29H34N2O5/c1-5-15-35-23-10-8-9-20(18-23)26-25(28(33)29(34)31(26)14-13-30(6-2)7-3)27(32)21-11-12-24-22(17-21)16-19(4)36-24/h5,8-12,17-19,26,32H,1,6-7,13-16H2,2-4H3/b27-25+/t19-,26-/m0/s1. The third kappa shape index (κ3) is 5.02. The first-order valence-electron chi connectivity index (χ1n) is 12.5. The lowest BCUT2D eigenvalue weighted by Crippen LogP contribution is -2.38. The summed E-state index contributed by atoms with van der Waals surface area (Å²) in [6.07, 6.45) is 2.43. The number of carbonyl (C=O) groups excluding carboxylic acids is 2. The van der Waals surface area contributed by atoms with Gasteiger partial charge in [-0.2, -0.15) is 0 Å². The molecule has 7 nitrogen and oxygen atoms in total. The highest BCUT2D eigenvalue weighted by atomic mass is 16.5. The molecule has 1 saturated heterocycles. The van der Waals surface area contributed by atoms with Crippen molar-refractivity contribution in [1.82, 2.24) is 9.80 Å². The molecule has 190 valence electrons. The molecule has 2 aliphatic rings. The number of rotatable bonds is 10. The zero-order valence-corrected chi connectivity index (χ0v) is 21.2. The van der Waals surface area contributed by atoms with Crippen LogP contribution in [0.4, 0.5) is 0 Å². The van der Waals surface area contributed by atoms with E-state index in [1.165, 1.54) is 0 Å². The van der Waals surface area contributed by atoms with Crippen molar-refractivity contribution in [3.05, 3.63) is 77.4 Å². The van der Waals surface area contributed by atoms with E-state index in [9.17, 15) is 14.7 Å². The quantitative estimate of drug-likeness (QED) is 0.231. The van der Waals surface area contributed by atoms with Crippen LogP contribution in [0.3, 0.4) is 0 Å². The predicted octanol–water partition coefficient (Wildman–Crippen LogP) is 4.34. The van der Waals surface area contributed by atoms with Crippen LogP contribution in [-0.2, 0) is 16.0 Å². The van der Waals surface area contributed by atoms with Gasteiger partial charge in [0.25, 0.3) is 11.7 Å². The lowest BCUT2D eigenvalue weighted by molar-refractivity contribution is -0.140. The van der Waals surface area contributed by atoms with Crippen LogP contribution in [0.1, 0.15) is 43.5 Å². The molecule has 2 aromatic rings. The van der Waals surface area contributed by atoms with Gasteiger partial charge in [0.1, 0.15) is 30.0 Å². The maximum Gasteiger partial charge on any atom is 0.295 e. The normalized spacial score (nSPS) is 20.5. The van der Waals surface area contributed by atoms with Crippen molar-refractivity contribution in [2.24, 2.45) is 0 Å². The number of aliphatic hydroxyl groups is 1. The first kappa shape index (κ1) is 25.5. The molecule has 0 radical (unpaired) electrons. The fraction of sp³-hybridized carbons (Fsp3) is 0.379. The van der Waals surface area contributed by atoms with Crippen LogP contribution in [0.5, 0.6) is 11.5 Å². The van der Waals surface area contributed by atoms with Crippen LogP contribution >= 0.6 is 0 Å².